The predicted molar refractivity (Wildman–Crippen MR) is 56.5 cm³/mol. The van der Waals surface area contributed by atoms with Crippen molar-refractivity contribution in [3.8, 4) is 0 Å². The summed E-state index contributed by atoms with van der Waals surface area (Å²) in [5.41, 5.74) is 5.49. The van der Waals surface area contributed by atoms with E-state index in [0.29, 0.717) is 17.6 Å². The Hall–Kier alpha value is -2.24. The summed E-state index contributed by atoms with van der Waals surface area (Å²) in [4.78, 5) is 16.0. The molecule has 6 nitrogen and oxygen atoms in total. The summed E-state index contributed by atoms with van der Waals surface area (Å²) in [6, 6.07) is 5.51. The second kappa shape index (κ2) is 3.87. The van der Waals surface area contributed by atoms with Crippen molar-refractivity contribution >= 4 is 17.7 Å². The summed E-state index contributed by atoms with van der Waals surface area (Å²) in [6.07, 6.45) is 1.68. The lowest BCUT2D eigenvalue weighted by molar-refractivity contribution is 0.992. The Labute approximate surface area is 86.6 Å². The van der Waals surface area contributed by atoms with E-state index < -0.39 is 0 Å². The molecule has 0 atom stereocenters. The molecule has 0 aliphatic carbocycles. The number of nitrogens with two attached hydrogens (primary N) is 1. The van der Waals surface area contributed by atoms with Gasteiger partial charge in [0.05, 0.1) is 0 Å². The van der Waals surface area contributed by atoms with E-state index in [0.717, 1.165) is 0 Å². The van der Waals surface area contributed by atoms with Crippen molar-refractivity contribution in [2.24, 2.45) is 0 Å². The first-order valence-corrected chi connectivity index (χ1v) is 4.40. The number of nitrogens with zero attached hydrogens (tertiary/aromatic N) is 4. The highest BCUT2D eigenvalue weighted by Crippen LogP contribution is 2.09. The Bertz CT molecular complexity index is 435. The molecule has 0 saturated carbocycles. The van der Waals surface area contributed by atoms with Gasteiger partial charge in [0, 0.05) is 6.20 Å². The molecule has 0 aromatic carbocycles. The molecule has 0 bridgehead atoms. The van der Waals surface area contributed by atoms with E-state index in [9.17, 15) is 0 Å². The minimum Gasteiger partial charge on any atom is -0.368 e. The molecule has 15 heavy (non-hydrogen) atoms. The Kier molecular flexibility index (Phi) is 2.40. The molecule has 0 radical (unpaired) electrons. The zero-order valence-corrected chi connectivity index (χ0v) is 8.18. The Morgan fingerprint density at radius 3 is 2.73 bits per heavy atom. The zero-order chi connectivity index (χ0) is 10.7. The van der Waals surface area contributed by atoms with Crippen molar-refractivity contribution in [1.82, 2.24) is 19.9 Å². The molecule has 2 heterocycles. The first-order chi connectivity index (χ1) is 7.24. The molecule has 0 unspecified atom stereocenters. The molecule has 0 fully saturated rings. The van der Waals surface area contributed by atoms with Crippen molar-refractivity contribution in [2.45, 2.75) is 6.92 Å². The number of aryl methyl sites for hydroxylation is 1. The summed E-state index contributed by atoms with van der Waals surface area (Å²) in [6.45, 7) is 1.75. The van der Waals surface area contributed by atoms with Crippen molar-refractivity contribution in [1.29, 1.82) is 0 Å². The summed E-state index contributed by atoms with van der Waals surface area (Å²) in [5, 5.41) is 2.93. The molecule has 0 amide bonds. The van der Waals surface area contributed by atoms with Gasteiger partial charge in [-0.05, 0) is 19.1 Å². The molecule has 0 aliphatic heterocycles. The van der Waals surface area contributed by atoms with Gasteiger partial charge in [0.1, 0.15) is 11.6 Å². The molecule has 6 heteroatoms. The van der Waals surface area contributed by atoms with Crippen LogP contribution in [0.3, 0.4) is 0 Å². The normalized spacial score (nSPS) is 9.93. The molecule has 0 spiro atoms. The Morgan fingerprint density at radius 1 is 1.20 bits per heavy atom. The fraction of sp³-hybridized carbons (Fsp3) is 0.111. The van der Waals surface area contributed by atoms with Gasteiger partial charge in [0.15, 0.2) is 0 Å². The lowest BCUT2D eigenvalue weighted by Crippen LogP contribution is -2.05. The highest BCUT2D eigenvalue weighted by atomic mass is 15.2. The Balaban J connectivity index is 2.25. The Morgan fingerprint density at radius 2 is 2.07 bits per heavy atom. The summed E-state index contributed by atoms with van der Waals surface area (Å²) >= 11 is 0. The van der Waals surface area contributed by atoms with Gasteiger partial charge in [-0.25, -0.2) is 4.98 Å². The molecule has 3 N–H and O–H groups in total. The van der Waals surface area contributed by atoms with Crippen LogP contribution in [0, 0.1) is 6.92 Å². The van der Waals surface area contributed by atoms with Crippen molar-refractivity contribution in [3.63, 3.8) is 0 Å². The number of nitrogens with one attached hydrogen (secondary N) is 1. The quantitative estimate of drug-likeness (QED) is 0.752. The van der Waals surface area contributed by atoms with E-state index in [-0.39, 0.29) is 5.95 Å². The van der Waals surface area contributed by atoms with Crippen LogP contribution in [0.25, 0.3) is 0 Å². The van der Waals surface area contributed by atoms with E-state index in [2.05, 4.69) is 25.3 Å². The first-order valence-electron chi connectivity index (χ1n) is 4.40. The van der Waals surface area contributed by atoms with E-state index in [1.165, 1.54) is 0 Å². The molecular formula is C9H10N6. The summed E-state index contributed by atoms with van der Waals surface area (Å²) in [7, 11) is 0. The van der Waals surface area contributed by atoms with Crippen LogP contribution in [0.5, 0.6) is 0 Å². The van der Waals surface area contributed by atoms with Gasteiger partial charge < -0.3 is 11.1 Å². The third kappa shape index (κ3) is 2.37. The number of hydrogen-bond donors (Lipinski definition) is 2. The third-order valence-electron chi connectivity index (χ3n) is 1.67. The number of hydrogen-bond acceptors (Lipinski definition) is 6. The highest BCUT2D eigenvalue weighted by Gasteiger charge is 2.01. The van der Waals surface area contributed by atoms with Crippen molar-refractivity contribution in [2.75, 3.05) is 11.1 Å². The maximum Gasteiger partial charge on any atom is 0.233 e. The van der Waals surface area contributed by atoms with E-state index in [4.69, 9.17) is 5.73 Å². The van der Waals surface area contributed by atoms with Crippen molar-refractivity contribution < 1.29 is 0 Å². The van der Waals surface area contributed by atoms with Gasteiger partial charge in [-0.2, -0.15) is 15.0 Å². The smallest absolute Gasteiger partial charge is 0.233 e. The van der Waals surface area contributed by atoms with Gasteiger partial charge in [-0.3, -0.25) is 0 Å². The number of pyridine rings is 1. The number of anilines is 3. The van der Waals surface area contributed by atoms with E-state index in [1.54, 1.807) is 13.1 Å². The van der Waals surface area contributed by atoms with Crippen LogP contribution >= 0.6 is 0 Å². The van der Waals surface area contributed by atoms with Gasteiger partial charge >= 0.3 is 0 Å². The first kappa shape index (κ1) is 9.32. The largest absolute Gasteiger partial charge is 0.368 e. The molecule has 2 rings (SSSR count). The molecular weight excluding hydrogens is 192 g/mol. The van der Waals surface area contributed by atoms with Gasteiger partial charge in [-0.15, -0.1) is 0 Å². The highest BCUT2D eigenvalue weighted by molar-refractivity contribution is 5.47. The lowest BCUT2D eigenvalue weighted by atomic mass is 10.5. The summed E-state index contributed by atoms with van der Waals surface area (Å²) < 4.78 is 0. The van der Waals surface area contributed by atoms with E-state index in [1.807, 2.05) is 18.2 Å². The standard InChI is InChI=1S/C9H10N6/c1-6-12-8(10)15-9(13-6)14-7-4-2-3-5-11-7/h2-5H,1H3,(H3,10,11,12,13,14,15). The maximum absolute atomic E-state index is 5.49. The molecule has 0 aliphatic rings. The minimum absolute atomic E-state index is 0.195. The van der Waals surface area contributed by atoms with Gasteiger partial charge in [-0.1, -0.05) is 6.07 Å². The van der Waals surface area contributed by atoms with Crippen LogP contribution in [0.4, 0.5) is 17.7 Å². The van der Waals surface area contributed by atoms with Crippen LogP contribution in [-0.2, 0) is 0 Å². The molecule has 76 valence electrons. The second-order valence-corrected chi connectivity index (χ2v) is 2.90. The average Bonchev–Trinajstić information content (AvgIpc) is 2.17. The monoisotopic (exact) mass is 202 g/mol. The fourth-order valence-corrected chi connectivity index (χ4v) is 1.11. The van der Waals surface area contributed by atoms with Gasteiger partial charge in [0.2, 0.25) is 11.9 Å². The fourth-order valence-electron chi connectivity index (χ4n) is 1.11. The topological polar surface area (TPSA) is 89.6 Å². The zero-order valence-electron chi connectivity index (χ0n) is 8.18. The maximum atomic E-state index is 5.49. The van der Waals surface area contributed by atoms with Crippen molar-refractivity contribution in [3.05, 3.63) is 30.2 Å². The van der Waals surface area contributed by atoms with Crippen LogP contribution in [-0.4, -0.2) is 19.9 Å². The average molecular weight is 202 g/mol. The minimum atomic E-state index is 0.195. The van der Waals surface area contributed by atoms with Crippen LogP contribution < -0.4 is 11.1 Å². The predicted octanol–water partition coefficient (Wildman–Crippen LogP) is 0.901. The number of aromatic nitrogens is 4. The molecule has 2 aromatic rings. The molecule has 0 saturated heterocycles. The van der Waals surface area contributed by atoms with Crippen LogP contribution in [0.1, 0.15) is 5.82 Å². The SMILES string of the molecule is Cc1nc(N)nc(Nc2ccccn2)n1. The van der Waals surface area contributed by atoms with Gasteiger partial charge in [0.25, 0.3) is 0 Å². The number of rotatable bonds is 2. The van der Waals surface area contributed by atoms with E-state index >= 15 is 0 Å². The van der Waals surface area contributed by atoms with Crippen LogP contribution in [0.15, 0.2) is 24.4 Å². The second-order valence-electron chi connectivity index (χ2n) is 2.90. The lowest BCUT2D eigenvalue weighted by Gasteiger charge is -2.03. The van der Waals surface area contributed by atoms with Crippen LogP contribution in [0.2, 0.25) is 0 Å². The molecule has 2 aromatic heterocycles. The summed E-state index contributed by atoms with van der Waals surface area (Å²) in [5.74, 6) is 1.84. The third-order valence-corrected chi connectivity index (χ3v) is 1.67. The number of nitrogen functional groups attached to an aromatic ring is 1.